The van der Waals surface area contributed by atoms with E-state index in [2.05, 4.69) is 56.5 Å². The van der Waals surface area contributed by atoms with Gasteiger partial charge in [-0.25, -0.2) is 0 Å². The lowest BCUT2D eigenvalue weighted by atomic mass is 10.2. The van der Waals surface area contributed by atoms with Crippen molar-refractivity contribution in [3.63, 3.8) is 0 Å². The summed E-state index contributed by atoms with van der Waals surface area (Å²) in [5.41, 5.74) is 2.46. The molecule has 1 unspecified atom stereocenters. The predicted molar refractivity (Wildman–Crippen MR) is 118 cm³/mol. The first kappa shape index (κ1) is 24.8. The molecule has 1 fully saturated rings. The highest BCUT2D eigenvalue weighted by atomic mass is 127. The summed E-state index contributed by atoms with van der Waals surface area (Å²) >= 11 is 0. The van der Waals surface area contributed by atoms with Crippen molar-refractivity contribution in [2.24, 2.45) is 4.99 Å². The van der Waals surface area contributed by atoms with E-state index in [0.717, 1.165) is 26.1 Å². The van der Waals surface area contributed by atoms with Gasteiger partial charge >= 0.3 is 6.18 Å². The van der Waals surface area contributed by atoms with E-state index in [-0.39, 0.29) is 36.6 Å². The Morgan fingerprint density at radius 3 is 2.64 bits per heavy atom. The minimum atomic E-state index is -4.27. The highest BCUT2D eigenvalue weighted by molar-refractivity contribution is 14.0. The average molecular weight is 514 g/mol. The number of rotatable bonds is 8. The molecule has 2 rings (SSSR count). The summed E-state index contributed by atoms with van der Waals surface area (Å²) in [6, 6.07) is 8.78. The van der Waals surface area contributed by atoms with Gasteiger partial charge in [0.05, 0.1) is 0 Å². The molecule has 1 heterocycles. The van der Waals surface area contributed by atoms with E-state index >= 15 is 0 Å². The second-order valence-electron chi connectivity index (χ2n) is 6.69. The summed E-state index contributed by atoms with van der Waals surface area (Å²) in [4.78, 5) is 6.77. The van der Waals surface area contributed by atoms with E-state index in [0.29, 0.717) is 18.9 Å². The van der Waals surface area contributed by atoms with Gasteiger partial charge in [0.15, 0.2) is 5.96 Å². The Balaban J connectivity index is 0.00000392. The zero-order chi connectivity index (χ0) is 19.7. The molecule has 1 aromatic carbocycles. The number of nitrogens with zero attached hydrogens (tertiary/aromatic N) is 2. The summed E-state index contributed by atoms with van der Waals surface area (Å²) in [6.45, 7) is 5.92. The highest BCUT2D eigenvalue weighted by Gasteiger charge is 2.27. The van der Waals surface area contributed by atoms with Gasteiger partial charge in [-0.2, -0.15) is 13.2 Å². The molecule has 1 aliphatic rings. The van der Waals surface area contributed by atoms with Crippen molar-refractivity contribution in [3.8, 4) is 0 Å². The lowest BCUT2D eigenvalue weighted by Crippen LogP contribution is -2.44. The van der Waals surface area contributed by atoms with Gasteiger partial charge in [-0.15, -0.1) is 24.0 Å². The Bertz CT molecular complexity index is 596. The maximum Gasteiger partial charge on any atom is 0.411 e. The van der Waals surface area contributed by atoms with E-state index in [1.165, 1.54) is 11.3 Å². The van der Waals surface area contributed by atoms with Crippen molar-refractivity contribution in [2.45, 2.75) is 38.9 Å². The summed E-state index contributed by atoms with van der Waals surface area (Å²) < 4.78 is 40.7. The Kier molecular flexibility index (Phi) is 10.9. The maximum absolute atomic E-state index is 12.0. The van der Waals surface area contributed by atoms with Crippen molar-refractivity contribution in [1.29, 1.82) is 0 Å². The molecule has 0 aromatic heterocycles. The van der Waals surface area contributed by atoms with Gasteiger partial charge in [0.2, 0.25) is 0 Å². The van der Waals surface area contributed by atoms with Gasteiger partial charge in [-0.3, -0.25) is 4.99 Å². The van der Waals surface area contributed by atoms with Crippen LogP contribution in [0.4, 0.5) is 18.9 Å². The number of anilines is 1. The minimum Gasteiger partial charge on any atom is -0.372 e. The predicted octanol–water partition coefficient (Wildman–Crippen LogP) is 3.72. The van der Waals surface area contributed by atoms with Crippen LogP contribution in [-0.4, -0.2) is 57.6 Å². The molecule has 9 heteroatoms. The van der Waals surface area contributed by atoms with Crippen LogP contribution in [0.3, 0.4) is 0 Å². The minimum absolute atomic E-state index is 0. The molecule has 0 amide bonds. The van der Waals surface area contributed by atoms with Crippen molar-refractivity contribution < 1.29 is 17.9 Å². The van der Waals surface area contributed by atoms with Crippen LogP contribution in [0.15, 0.2) is 29.3 Å². The van der Waals surface area contributed by atoms with Gasteiger partial charge in [0.1, 0.15) is 6.61 Å². The molecule has 5 nitrogen and oxygen atoms in total. The van der Waals surface area contributed by atoms with Crippen molar-refractivity contribution in [3.05, 3.63) is 29.8 Å². The average Bonchev–Trinajstić information content (AvgIpc) is 3.06. The first-order valence-electron chi connectivity index (χ1n) is 9.38. The molecule has 1 saturated heterocycles. The standard InChI is InChI=1S/C19H29F3N4O.HI/c1-3-23-18(24-10-4-12-27-14-19(20,21)22)25-16-9-11-26(13-16)17-7-5-15(2)6-8-17;/h5-8,16H,3-4,9-14H2,1-2H3,(H2,23,24,25);1H. The van der Waals surface area contributed by atoms with E-state index < -0.39 is 12.8 Å². The number of hydrogen-bond acceptors (Lipinski definition) is 3. The maximum atomic E-state index is 12.0. The lowest BCUT2D eigenvalue weighted by Gasteiger charge is -2.20. The number of aliphatic imine (C=N–C) groups is 1. The molecule has 160 valence electrons. The van der Waals surface area contributed by atoms with E-state index in [4.69, 9.17) is 0 Å². The molecule has 2 N–H and O–H groups in total. The van der Waals surface area contributed by atoms with Crippen LogP contribution >= 0.6 is 24.0 Å². The van der Waals surface area contributed by atoms with Gasteiger partial charge in [-0.1, -0.05) is 17.7 Å². The fraction of sp³-hybridized carbons (Fsp3) is 0.632. The van der Waals surface area contributed by atoms with Crippen LogP contribution in [0, 0.1) is 6.92 Å². The molecule has 0 spiro atoms. The third kappa shape index (κ3) is 9.31. The van der Waals surface area contributed by atoms with Crippen molar-refractivity contribution in [2.75, 3.05) is 44.3 Å². The van der Waals surface area contributed by atoms with Gasteiger partial charge in [0, 0.05) is 44.5 Å². The molecule has 1 atom stereocenters. The van der Waals surface area contributed by atoms with Crippen LogP contribution in [-0.2, 0) is 4.74 Å². The Morgan fingerprint density at radius 2 is 2.00 bits per heavy atom. The fourth-order valence-corrected chi connectivity index (χ4v) is 2.93. The third-order valence-electron chi connectivity index (χ3n) is 4.25. The monoisotopic (exact) mass is 514 g/mol. The summed E-state index contributed by atoms with van der Waals surface area (Å²) in [6.07, 6.45) is -2.81. The van der Waals surface area contributed by atoms with Crippen molar-refractivity contribution in [1.82, 2.24) is 10.6 Å². The van der Waals surface area contributed by atoms with Gasteiger partial charge in [-0.05, 0) is 38.8 Å². The smallest absolute Gasteiger partial charge is 0.372 e. The topological polar surface area (TPSA) is 48.9 Å². The highest BCUT2D eigenvalue weighted by Crippen LogP contribution is 2.20. The molecule has 0 radical (unpaired) electrons. The van der Waals surface area contributed by atoms with E-state index in [1.807, 2.05) is 6.92 Å². The molecule has 0 saturated carbocycles. The zero-order valence-electron chi connectivity index (χ0n) is 16.4. The number of benzene rings is 1. The number of alkyl halides is 3. The zero-order valence-corrected chi connectivity index (χ0v) is 18.7. The Labute approximate surface area is 182 Å². The Morgan fingerprint density at radius 1 is 1.29 bits per heavy atom. The molecular weight excluding hydrogens is 484 g/mol. The molecule has 0 bridgehead atoms. The van der Waals surface area contributed by atoms with E-state index in [1.54, 1.807) is 0 Å². The summed E-state index contributed by atoms with van der Waals surface area (Å²) in [5, 5.41) is 6.61. The normalized spacial score (nSPS) is 17.4. The number of nitrogens with one attached hydrogen (secondary N) is 2. The molecular formula is C19H30F3IN4O. The van der Waals surface area contributed by atoms with Gasteiger partial charge in [0.25, 0.3) is 0 Å². The number of guanidine groups is 1. The Hall–Kier alpha value is -1.23. The molecule has 0 aliphatic carbocycles. The van der Waals surface area contributed by atoms with Crippen LogP contribution in [0.2, 0.25) is 0 Å². The summed E-state index contributed by atoms with van der Waals surface area (Å²) in [7, 11) is 0. The van der Waals surface area contributed by atoms with Crippen molar-refractivity contribution >= 4 is 35.6 Å². The van der Waals surface area contributed by atoms with Crippen LogP contribution in [0.1, 0.15) is 25.3 Å². The van der Waals surface area contributed by atoms with Crippen LogP contribution in [0.25, 0.3) is 0 Å². The van der Waals surface area contributed by atoms with Gasteiger partial charge < -0.3 is 20.3 Å². The third-order valence-corrected chi connectivity index (χ3v) is 4.25. The number of hydrogen-bond donors (Lipinski definition) is 2. The lowest BCUT2D eigenvalue weighted by molar-refractivity contribution is -0.173. The first-order chi connectivity index (χ1) is 12.9. The van der Waals surface area contributed by atoms with Crippen LogP contribution < -0.4 is 15.5 Å². The van der Waals surface area contributed by atoms with E-state index in [9.17, 15) is 13.2 Å². The number of ether oxygens (including phenoxy) is 1. The van der Waals surface area contributed by atoms with Crippen LogP contribution in [0.5, 0.6) is 0 Å². The number of halogens is 4. The molecule has 1 aliphatic heterocycles. The fourth-order valence-electron chi connectivity index (χ4n) is 2.93. The first-order valence-corrected chi connectivity index (χ1v) is 9.38. The second kappa shape index (κ2) is 12.4. The second-order valence-corrected chi connectivity index (χ2v) is 6.69. The quantitative estimate of drug-likeness (QED) is 0.241. The summed E-state index contributed by atoms with van der Waals surface area (Å²) in [5.74, 6) is 0.698. The largest absolute Gasteiger partial charge is 0.411 e. The molecule has 1 aromatic rings. The number of aryl methyl sites for hydroxylation is 1. The molecule has 28 heavy (non-hydrogen) atoms. The SMILES string of the molecule is CCNC(=NCCCOCC(F)(F)F)NC1CCN(c2ccc(C)cc2)C1.I.